The molecule has 2 amide bonds. The van der Waals surface area contributed by atoms with E-state index in [0.29, 0.717) is 37.3 Å². The van der Waals surface area contributed by atoms with Crippen LogP contribution in [-0.2, 0) is 0 Å². The first-order valence-electron chi connectivity index (χ1n) is 7.73. The zero-order chi connectivity index (χ0) is 17.1. The molecular weight excluding hydrogens is 312 g/mol. The maximum Gasteiger partial charge on any atom is 0.270 e. The van der Waals surface area contributed by atoms with E-state index in [1.165, 1.54) is 18.6 Å². The maximum atomic E-state index is 12.2. The van der Waals surface area contributed by atoms with E-state index in [1.54, 1.807) is 17.9 Å². The van der Waals surface area contributed by atoms with Gasteiger partial charge in [-0.2, -0.15) is 0 Å². The van der Waals surface area contributed by atoms with Gasteiger partial charge >= 0.3 is 0 Å². The number of nitrogens with zero attached hydrogens (tertiary/aromatic N) is 2. The summed E-state index contributed by atoms with van der Waals surface area (Å²) < 4.78 is 4.93. The Morgan fingerprint density at radius 1 is 1.38 bits per heavy atom. The molecule has 0 atom stereocenters. The van der Waals surface area contributed by atoms with Gasteiger partial charge < -0.3 is 19.6 Å². The highest BCUT2D eigenvalue weighted by Crippen LogP contribution is 2.14. The molecule has 0 aliphatic carbocycles. The molecule has 1 aliphatic heterocycles. The molecule has 3 heterocycles. The second-order valence-corrected chi connectivity index (χ2v) is 5.77. The van der Waals surface area contributed by atoms with Gasteiger partial charge in [-0.15, -0.1) is 0 Å². The molecule has 0 saturated carbocycles. The first-order valence-corrected chi connectivity index (χ1v) is 7.73. The molecule has 0 spiro atoms. The fourth-order valence-corrected chi connectivity index (χ4v) is 2.75. The fourth-order valence-electron chi connectivity index (χ4n) is 2.75. The number of aryl methyl sites for hydroxylation is 1. The Morgan fingerprint density at radius 3 is 2.75 bits per heavy atom. The Kier molecular flexibility index (Phi) is 4.45. The largest absolute Gasteiger partial charge is 0.472 e. The van der Waals surface area contributed by atoms with E-state index in [1.807, 2.05) is 0 Å². The molecule has 8 heteroatoms. The highest BCUT2D eigenvalue weighted by Gasteiger charge is 2.25. The molecule has 1 aliphatic rings. The Balaban J connectivity index is 1.56. The number of amides is 2. The van der Waals surface area contributed by atoms with E-state index in [2.05, 4.69) is 15.3 Å². The molecule has 2 aromatic heterocycles. The van der Waals surface area contributed by atoms with Gasteiger partial charge in [-0.3, -0.25) is 14.4 Å². The van der Waals surface area contributed by atoms with Crippen molar-refractivity contribution in [3.8, 4) is 0 Å². The van der Waals surface area contributed by atoms with Gasteiger partial charge in [-0.05, 0) is 25.8 Å². The number of hydrogen-bond donors (Lipinski definition) is 2. The summed E-state index contributed by atoms with van der Waals surface area (Å²) in [6, 6.07) is 2.77. The van der Waals surface area contributed by atoms with Gasteiger partial charge in [0.15, 0.2) is 0 Å². The van der Waals surface area contributed by atoms with E-state index < -0.39 is 0 Å². The topological polar surface area (TPSA) is 108 Å². The molecule has 24 heavy (non-hydrogen) atoms. The molecule has 0 radical (unpaired) electrons. The molecule has 0 aromatic carbocycles. The van der Waals surface area contributed by atoms with Gasteiger partial charge in [0.25, 0.3) is 17.4 Å². The number of nitrogens with one attached hydrogen (secondary N) is 2. The molecule has 2 N–H and O–H groups in total. The third-order valence-electron chi connectivity index (χ3n) is 3.98. The number of hydrogen-bond acceptors (Lipinski definition) is 5. The number of carbonyl (C=O) groups is 2. The van der Waals surface area contributed by atoms with Crippen molar-refractivity contribution >= 4 is 11.8 Å². The van der Waals surface area contributed by atoms with Crippen molar-refractivity contribution in [2.24, 2.45) is 0 Å². The Labute approximate surface area is 137 Å². The van der Waals surface area contributed by atoms with Crippen LogP contribution < -0.4 is 10.9 Å². The zero-order valence-electron chi connectivity index (χ0n) is 13.2. The smallest absolute Gasteiger partial charge is 0.270 e. The van der Waals surface area contributed by atoms with E-state index in [0.717, 1.165) is 0 Å². The van der Waals surface area contributed by atoms with Crippen LogP contribution in [0.4, 0.5) is 0 Å². The van der Waals surface area contributed by atoms with E-state index >= 15 is 0 Å². The number of aromatic amines is 1. The third kappa shape index (κ3) is 3.53. The van der Waals surface area contributed by atoms with Gasteiger partial charge in [0, 0.05) is 25.2 Å². The lowest BCUT2D eigenvalue weighted by molar-refractivity contribution is 0.0697. The summed E-state index contributed by atoms with van der Waals surface area (Å²) in [6.45, 7) is 2.73. The quantitative estimate of drug-likeness (QED) is 0.861. The van der Waals surface area contributed by atoms with Crippen LogP contribution in [0.3, 0.4) is 0 Å². The SMILES string of the molecule is Cc1nc(C(=O)NC2CCN(C(=O)c3ccoc3)CC2)cc(=O)[nH]1. The summed E-state index contributed by atoms with van der Waals surface area (Å²) in [5, 5.41) is 2.87. The highest BCUT2D eigenvalue weighted by atomic mass is 16.3. The van der Waals surface area contributed by atoms with Crippen molar-refractivity contribution in [3.05, 3.63) is 52.1 Å². The Morgan fingerprint density at radius 2 is 2.12 bits per heavy atom. The van der Waals surface area contributed by atoms with Crippen LogP contribution in [0.1, 0.15) is 39.5 Å². The van der Waals surface area contributed by atoms with Gasteiger partial charge in [-0.25, -0.2) is 4.98 Å². The van der Waals surface area contributed by atoms with Crippen molar-refractivity contribution < 1.29 is 14.0 Å². The van der Waals surface area contributed by atoms with Crippen LogP contribution in [0.15, 0.2) is 33.9 Å². The fraction of sp³-hybridized carbons (Fsp3) is 0.375. The minimum absolute atomic E-state index is 0.0488. The molecule has 126 valence electrons. The van der Waals surface area contributed by atoms with Gasteiger partial charge in [-0.1, -0.05) is 0 Å². The lowest BCUT2D eigenvalue weighted by Crippen LogP contribution is -2.46. The number of aromatic nitrogens is 2. The van der Waals surface area contributed by atoms with E-state index in [-0.39, 0.29) is 29.1 Å². The lowest BCUT2D eigenvalue weighted by atomic mass is 10.0. The van der Waals surface area contributed by atoms with E-state index in [4.69, 9.17) is 4.42 Å². The average molecular weight is 330 g/mol. The molecule has 2 aromatic rings. The molecular formula is C16H18N4O4. The minimum Gasteiger partial charge on any atom is -0.472 e. The standard InChI is InChI=1S/C16H18N4O4/c1-10-17-13(8-14(21)18-10)15(22)19-12-2-5-20(6-3-12)16(23)11-4-7-24-9-11/h4,7-9,12H,2-3,5-6H2,1H3,(H,19,22)(H,17,18,21). The maximum absolute atomic E-state index is 12.2. The second-order valence-electron chi connectivity index (χ2n) is 5.77. The molecule has 0 bridgehead atoms. The van der Waals surface area contributed by atoms with Crippen LogP contribution in [0.25, 0.3) is 0 Å². The van der Waals surface area contributed by atoms with Crippen molar-refractivity contribution in [2.45, 2.75) is 25.8 Å². The summed E-state index contributed by atoms with van der Waals surface area (Å²) in [5.74, 6) is -0.0441. The average Bonchev–Trinajstić information content (AvgIpc) is 3.08. The van der Waals surface area contributed by atoms with Crippen LogP contribution >= 0.6 is 0 Å². The van der Waals surface area contributed by atoms with Crippen molar-refractivity contribution in [1.82, 2.24) is 20.2 Å². The molecule has 1 fully saturated rings. The third-order valence-corrected chi connectivity index (χ3v) is 3.98. The van der Waals surface area contributed by atoms with Crippen molar-refractivity contribution in [1.29, 1.82) is 0 Å². The Hall–Kier alpha value is -2.90. The van der Waals surface area contributed by atoms with Crippen LogP contribution in [0.5, 0.6) is 0 Å². The van der Waals surface area contributed by atoms with Crippen LogP contribution in [0, 0.1) is 6.92 Å². The zero-order valence-corrected chi connectivity index (χ0v) is 13.2. The number of likely N-dealkylation sites (tertiary alicyclic amines) is 1. The summed E-state index contributed by atoms with van der Waals surface area (Å²) in [5.41, 5.74) is 0.280. The molecule has 1 saturated heterocycles. The number of rotatable bonds is 3. The predicted octanol–water partition coefficient (Wildman–Crippen LogP) is 0.706. The molecule has 8 nitrogen and oxygen atoms in total. The van der Waals surface area contributed by atoms with Crippen LogP contribution in [0.2, 0.25) is 0 Å². The number of piperidine rings is 1. The highest BCUT2D eigenvalue weighted by molar-refractivity contribution is 5.94. The van der Waals surface area contributed by atoms with Crippen molar-refractivity contribution in [3.63, 3.8) is 0 Å². The second kappa shape index (κ2) is 6.69. The lowest BCUT2D eigenvalue weighted by Gasteiger charge is -2.32. The normalized spacial score (nSPS) is 15.3. The van der Waals surface area contributed by atoms with Gasteiger partial charge in [0.2, 0.25) is 0 Å². The first kappa shape index (κ1) is 16.0. The van der Waals surface area contributed by atoms with E-state index in [9.17, 15) is 14.4 Å². The van der Waals surface area contributed by atoms with Gasteiger partial charge in [0.05, 0.1) is 11.8 Å². The molecule has 3 rings (SSSR count). The van der Waals surface area contributed by atoms with Gasteiger partial charge in [0.1, 0.15) is 17.8 Å². The summed E-state index contributed by atoms with van der Waals surface area (Å²) in [7, 11) is 0. The number of furan rings is 1. The van der Waals surface area contributed by atoms with Crippen molar-refractivity contribution in [2.75, 3.05) is 13.1 Å². The number of carbonyl (C=O) groups excluding carboxylic acids is 2. The Bertz CT molecular complexity index is 789. The summed E-state index contributed by atoms with van der Waals surface area (Å²) in [4.78, 5) is 44.1. The summed E-state index contributed by atoms with van der Waals surface area (Å²) >= 11 is 0. The minimum atomic E-state index is -0.371. The number of H-pyrrole nitrogens is 1. The van der Waals surface area contributed by atoms with Crippen LogP contribution in [-0.4, -0.2) is 45.8 Å². The summed E-state index contributed by atoms with van der Waals surface area (Å²) in [6.07, 6.45) is 4.20. The monoisotopic (exact) mass is 330 g/mol. The first-order chi connectivity index (χ1) is 11.5. The molecule has 0 unspecified atom stereocenters. The predicted molar refractivity (Wildman–Crippen MR) is 84.7 cm³/mol.